The van der Waals surface area contributed by atoms with E-state index in [1.165, 1.54) is 19.3 Å². The van der Waals surface area contributed by atoms with Gasteiger partial charge in [-0.25, -0.2) is 0 Å². The second-order valence-corrected chi connectivity index (χ2v) is 6.78. The van der Waals surface area contributed by atoms with Crippen LogP contribution >= 0.6 is 0 Å². The maximum absolute atomic E-state index is 12.9. The van der Waals surface area contributed by atoms with Gasteiger partial charge in [-0.3, -0.25) is 4.79 Å². The largest absolute Gasteiger partial charge is 0.493 e. The van der Waals surface area contributed by atoms with Crippen LogP contribution in [-0.2, 0) is 11.0 Å². The molecular formula is C22H23F3N2O3. The molecule has 5 nitrogen and oxygen atoms in total. The van der Waals surface area contributed by atoms with Crippen molar-refractivity contribution in [3.05, 3.63) is 59.7 Å². The van der Waals surface area contributed by atoms with Gasteiger partial charge < -0.3 is 19.3 Å². The maximum Gasteiger partial charge on any atom is 0.416 e. The first-order valence-electron chi connectivity index (χ1n) is 9.43. The minimum atomic E-state index is -4.38. The lowest BCUT2D eigenvalue weighted by Crippen LogP contribution is -2.48. The van der Waals surface area contributed by atoms with Gasteiger partial charge in [-0.1, -0.05) is 18.2 Å². The molecule has 1 amide bonds. The average Bonchev–Trinajstić information content (AvgIpc) is 2.76. The van der Waals surface area contributed by atoms with Crippen molar-refractivity contribution in [3.8, 4) is 11.5 Å². The molecule has 0 saturated carbocycles. The third kappa shape index (κ3) is 4.87. The Morgan fingerprint density at radius 2 is 1.70 bits per heavy atom. The van der Waals surface area contributed by atoms with Crippen LogP contribution in [0.15, 0.2) is 48.5 Å². The monoisotopic (exact) mass is 420 g/mol. The Bertz CT molecular complexity index is 920. The van der Waals surface area contributed by atoms with E-state index in [1.807, 2.05) is 11.0 Å². The van der Waals surface area contributed by atoms with Crippen LogP contribution in [0.1, 0.15) is 11.1 Å². The van der Waals surface area contributed by atoms with Crippen LogP contribution in [0.3, 0.4) is 0 Å². The van der Waals surface area contributed by atoms with Gasteiger partial charge in [0, 0.05) is 43.5 Å². The zero-order valence-corrected chi connectivity index (χ0v) is 16.8. The minimum absolute atomic E-state index is 0.163. The van der Waals surface area contributed by atoms with Crippen molar-refractivity contribution < 1.29 is 27.4 Å². The fourth-order valence-corrected chi connectivity index (χ4v) is 3.37. The van der Waals surface area contributed by atoms with Crippen LogP contribution in [0.2, 0.25) is 0 Å². The maximum atomic E-state index is 12.9. The SMILES string of the molecule is COc1cccc(/C=C/C(=O)N2CCN(c3cccc(C(F)(F)F)c3)CC2)c1OC. The lowest BCUT2D eigenvalue weighted by atomic mass is 10.1. The summed E-state index contributed by atoms with van der Waals surface area (Å²) in [5.41, 5.74) is 0.551. The summed E-state index contributed by atoms with van der Waals surface area (Å²) in [6.07, 6.45) is -1.24. The van der Waals surface area contributed by atoms with Crippen LogP contribution in [-0.4, -0.2) is 51.2 Å². The van der Waals surface area contributed by atoms with Gasteiger partial charge in [0.25, 0.3) is 0 Å². The molecule has 2 aromatic carbocycles. The first-order chi connectivity index (χ1) is 14.3. The van der Waals surface area contributed by atoms with Crippen molar-refractivity contribution in [2.75, 3.05) is 45.3 Å². The van der Waals surface area contributed by atoms with Crippen molar-refractivity contribution in [2.45, 2.75) is 6.18 Å². The number of hydrogen-bond donors (Lipinski definition) is 0. The molecule has 0 aliphatic carbocycles. The fourth-order valence-electron chi connectivity index (χ4n) is 3.37. The number of halogens is 3. The molecule has 1 saturated heterocycles. The number of methoxy groups -OCH3 is 2. The van der Waals surface area contributed by atoms with Crippen molar-refractivity contribution in [3.63, 3.8) is 0 Å². The zero-order valence-electron chi connectivity index (χ0n) is 16.8. The Kier molecular flexibility index (Phi) is 6.54. The number of alkyl halides is 3. The van der Waals surface area contributed by atoms with Gasteiger partial charge in [0.2, 0.25) is 5.91 Å². The Morgan fingerprint density at radius 3 is 2.33 bits per heavy atom. The number of amides is 1. The highest BCUT2D eigenvalue weighted by Crippen LogP contribution is 2.32. The number of carbonyl (C=O) groups excluding carboxylic acids is 1. The molecule has 3 rings (SSSR count). The first kappa shape index (κ1) is 21.5. The van der Waals surface area contributed by atoms with E-state index in [0.717, 1.165) is 12.1 Å². The Balaban J connectivity index is 1.63. The Morgan fingerprint density at radius 1 is 1.00 bits per heavy atom. The van der Waals surface area contributed by atoms with Gasteiger partial charge in [-0.2, -0.15) is 13.2 Å². The van der Waals surface area contributed by atoms with Crippen molar-refractivity contribution >= 4 is 17.7 Å². The third-order valence-electron chi connectivity index (χ3n) is 4.97. The van der Waals surface area contributed by atoms with Crippen molar-refractivity contribution in [2.24, 2.45) is 0 Å². The molecule has 160 valence electrons. The van der Waals surface area contributed by atoms with Crippen LogP contribution in [0.25, 0.3) is 6.08 Å². The summed E-state index contributed by atoms with van der Waals surface area (Å²) < 4.78 is 49.4. The summed E-state index contributed by atoms with van der Waals surface area (Å²) in [6, 6.07) is 10.6. The summed E-state index contributed by atoms with van der Waals surface area (Å²) >= 11 is 0. The molecule has 0 atom stereocenters. The summed E-state index contributed by atoms with van der Waals surface area (Å²) in [4.78, 5) is 16.1. The van der Waals surface area contributed by atoms with E-state index in [9.17, 15) is 18.0 Å². The minimum Gasteiger partial charge on any atom is -0.493 e. The average molecular weight is 420 g/mol. The van der Waals surface area contributed by atoms with E-state index >= 15 is 0 Å². The number of nitrogens with zero attached hydrogens (tertiary/aromatic N) is 2. The van der Waals surface area contributed by atoms with E-state index in [4.69, 9.17) is 9.47 Å². The highest BCUT2D eigenvalue weighted by atomic mass is 19.4. The van der Waals surface area contributed by atoms with Crippen molar-refractivity contribution in [1.29, 1.82) is 0 Å². The fraction of sp³-hybridized carbons (Fsp3) is 0.318. The zero-order chi connectivity index (χ0) is 21.7. The number of ether oxygens (including phenoxy) is 2. The van der Waals surface area contributed by atoms with E-state index in [0.29, 0.717) is 48.9 Å². The van der Waals surface area contributed by atoms with Crippen molar-refractivity contribution in [1.82, 2.24) is 4.90 Å². The number of hydrogen-bond acceptors (Lipinski definition) is 4. The molecule has 30 heavy (non-hydrogen) atoms. The molecule has 1 heterocycles. The molecule has 2 aromatic rings. The summed E-state index contributed by atoms with van der Waals surface area (Å²) in [5, 5.41) is 0. The second-order valence-electron chi connectivity index (χ2n) is 6.78. The molecule has 0 unspecified atom stereocenters. The summed E-state index contributed by atoms with van der Waals surface area (Å²) in [6.45, 7) is 1.77. The molecule has 0 radical (unpaired) electrons. The summed E-state index contributed by atoms with van der Waals surface area (Å²) in [5.74, 6) is 0.948. The number of piperazine rings is 1. The predicted molar refractivity (Wildman–Crippen MR) is 109 cm³/mol. The number of rotatable bonds is 5. The van der Waals surface area contributed by atoms with Crippen LogP contribution < -0.4 is 14.4 Å². The first-order valence-corrected chi connectivity index (χ1v) is 9.43. The molecule has 0 bridgehead atoms. The molecule has 0 spiro atoms. The molecule has 1 fully saturated rings. The number of carbonyl (C=O) groups is 1. The number of anilines is 1. The molecular weight excluding hydrogens is 397 g/mol. The third-order valence-corrected chi connectivity index (χ3v) is 4.97. The van der Waals surface area contributed by atoms with Gasteiger partial charge in [0.15, 0.2) is 11.5 Å². The number of benzene rings is 2. The van der Waals surface area contributed by atoms with Gasteiger partial charge >= 0.3 is 6.18 Å². The molecule has 8 heteroatoms. The van der Waals surface area contributed by atoms with Gasteiger partial charge in [0.05, 0.1) is 19.8 Å². The highest BCUT2D eigenvalue weighted by molar-refractivity contribution is 5.92. The Labute approximate surface area is 173 Å². The Hall–Kier alpha value is -3.16. The molecule has 0 aromatic heterocycles. The van der Waals surface area contributed by atoms with E-state index in [2.05, 4.69) is 0 Å². The smallest absolute Gasteiger partial charge is 0.416 e. The normalized spacial score (nSPS) is 14.8. The van der Waals surface area contributed by atoms with Gasteiger partial charge in [-0.05, 0) is 30.3 Å². The highest BCUT2D eigenvalue weighted by Gasteiger charge is 2.31. The van der Waals surface area contributed by atoms with E-state index in [1.54, 1.807) is 36.3 Å². The quantitative estimate of drug-likeness (QED) is 0.684. The topological polar surface area (TPSA) is 42.0 Å². The lowest BCUT2D eigenvalue weighted by Gasteiger charge is -2.36. The van der Waals surface area contributed by atoms with E-state index in [-0.39, 0.29) is 5.91 Å². The molecule has 1 aliphatic rings. The van der Waals surface area contributed by atoms with E-state index < -0.39 is 11.7 Å². The van der Waals surface area contributed by atoms with Crippen LogP contribution in [0, 0.1) is 0 Å². The van der Waals surface area contributed by atoms with Gasteiger partial charge in [-0.15, -0.1) is 0 Å². The molecule has 0 N–H and O–H groups in total. The van der Waals surface area contributed by atoms with Crippen LogP contribution in [0.5, 0.6) is 11.5 Å². The van der Waals surface area contributed by atoms with Gasteiger partial charge in [0.1, 0.15) is 0 Å². The lowest BCUT2D eigenvalue weighted by molar-refractivity contribution is -0.137. The predicted octanol–water partition coefficient (Wildman–Crippen LogP) is 4.08. The van der Waals surface area contributed by atoms with Crippen LogP contribution in [0.4, 0.5) is 18.9 Å². The summed E-state index contributed by atoms with van der Waals surface area (Å²) in [7, 11) is 3.07. The molecule has 1 aliphatic heterocycles. The standard InChI is InChI=1S/C22H23F3N2O3/c1-29-19-8-3-5-16(21(19)30-2)9-10-20(28)27-13-11-26(12-14-27)18-7-4-6-17(15-18)22(23,24)25/h3-10,15H,11-14H2,1-2H3/b10-9+. The second kappa shape index (κ2) is 9.11. The number of para-hydroxylation sites is 1.